The number of carboxylic acids is 1. The SMILES string of the molecule is C[C@@H](C(=O)O)N(C)C(=O)CC1CCCC1NC(=O)OCC1c2ccccc2-c2ccccc21. The maximum Gasteiger partial charge on any atom is 0.407 e. The monoisotopic (exact) mass is 450 g/mol. The van der Waals surface area contributed by atoms with Crippen molar-refractivity contribution in [3.63, 3.8) is 0 Å². The molecule has 2 amide bonds. The molecule has 1 fully saturated rings. The summed E-state index contributed by atoms with van der Waals surface area (Å²) in [6.07, 6.45) is 2.23. The van der Waals surface area contributed by atoms with E-state index in [0.717, 1.165) is 30.4 Å². The predicted octanol–water partition coefficient (Wildman–Crippen LogP) is 4.02. The fraction of sp³-hybridized carbons (Fsp3) is 0.423. The third-order valence-corrected chi connectivity index (χ3v) is 7.07. The summed E-state index contributed by atoms with van der Waals surface area (Å²) in [6, 6.07) is 15.3. The first-order valence-electron chi connectivity index (χ1n) is 11.5. The molecule has 33 heavy (non-hydrogen) atoms. The number of alkyl carbamates (subject to hydrolysis) is 1. The van der Waals surface area contributed by atoms with Crippen LogP contribution in [0.5, 0.6) is 0 Å². The Kier molecular flexibility index (Phi) is 6.67. The Morgan fingerprint density at radius 1 is 1.06 bits per heavy atom. The van der Waals surface area contributed by atoms with Crippen LogP contribution in [0.15, 0.2) is 48.5 Å². The number of hydrogen-bond acceptors (Lipinski definition) is 4. The van der Waals surface area contributed by atoms with Gasteiger partial charge in [-0.05, 0) is 47.9 Å². The summed E-state index contributed by atoms with van der Waals surface area (Å²) in [4.78, 5) is 37.6. The van der Waals surface area contributed by atoms with Crippen molar-refractivity contribution in [2.24, 2.45) is 5.92 Å². The zero-order valence-corrected chi connectivity index (χ0v) is 19.0. The molecule has 0 aromatic heterocycles. The second kappa shape index (κ2) is 9.65. The zero-order valence-electron chi connectivity index (χ0n) is 19.0. The van der Waals surface area contributed by atoms with E-state index < -0.39 is 18.1 Å². The zero-order chi connectivity index (χ0) is 23.5. The molecule has 7 nitrogen and oxygen atoms in total. The van der Waals surface area contributed by atoms with Gasteiger partial charge < -0.3 is 20.1 Å². The molecule has 0 heterocycles. The number of benzene rings is 2. The van der Waals surface area contributed by atoms with Crippen LogP contribution in [0.25, 0.3) is 11.1 Å². The van der Waals surface area contributed by atoms with Crippen molar-refractivity contribution in [3.05, 3.63) is 59.7 Å². The number of fused-ring (bicyclic) bond motifs is 3. The van der Waals surface area contributed by atoms with Gasteiger partial charge in [-0.1, -0.05) is 55.0 Å². The Morgan fingerprint density at radius 2 is 1.67 bits per heavy atom. The van der Waals surface area contributed by atoms with E-state index in [4.69, 9.17) is 9.84 Å². The average molecular weight is 451 g/mol. The van der Waals surface area contributed by atoms with E-state index in [1.54, 1.807) is 0 Å². The lowest BCUT2D eigenvalue weighted by Crippen LogP contribution is -2.43. The van der Waals surface area contributed by atoms with Gasteiger partial charge in [-0.15, -0.1) is 0 Å². The number of nitrogens with one attached hydrogen (secondary N) is 1. The van der Waals surface area contributed by atoms with Crippen molar-refractivity contribution in [2.75, 3.05) is 13.7 Å². The predicted molar refractivity (Wildman–Crippen MR) is 124 cm³/mol. The summed E-state index contributed by atoms with van der Waals surface area (Å²) in [5, 5.41) is 12.1. The Bertz CT molecular complexity index is 1010. The summed E-state index contributed by atoms with van der Waals surface area (Å²) in [6.45, 7) is 1.73. The Morgan fingerprint density at radius 3 is 2.27 bits per heavy atom. The van der Waals surface area contributed by atoms with E-state index in [1.165, 1.54) is 30.0 Å². The molecule has 7 heteroatoms. The first kappa shape index (κ1) is 22.8. The van der Waals surface area contributed by atoms with Crippen molar-refractivity contribution in [3.8, 4) is 11.1 Å². The molecule has 2 aliphatic carbocycles. The van der Waals surface area contributed by atoms with E-state index >= 15 is 0 Å². The van der Waals surface area contributed by atoms with E-state index in [1.807, 2.05) is 24.3 Å². The van der Waals surface area contributed by atoms with Crippen LogP contribution in [0, 0.1) is 5.92 Å². The van der Waals surface area contributed by atoms with Crippen LogP contribution in [-0.4, -0.2) is 53.7 Å². The van der Waals surface area contributed by atoms with Crippen LogP contribution < -0.4 is 5.32 Å². The van der Waals surface area contributed by atoms with Gasteiger partial charge in [-0.25, -0.2) is 9.59 Å². The number of nitrogens with zero attached hydrogens (tertiary/aromatic N) is 1. The lowest BCUT2D eigenvalue weighted by Gasteiger charge is -2.26. The fourth-order valence-corrected chi connectivity index (χ4v) is 5.01. The Hall–Kier alpha value is -3.35. The first-order chi connectivity index (χ1) is 15.9. The molecule has 174 valence electrons. The lowest BCUT2D eigenvalue weighted by molar-refractivity contribution is -0.148. The molecular weight excluding hydrogens is 420 g/mol. The fourth-order valence-electron chi connectivity index (χ4n) is 5.01. The van der Waals surface area contributed by atoms with Gasteiger partial charge in [0.15, 0.2) is 0 Å². The minimum absolute atomic E-state index is 0.00439. The second-order valence-electron chi connectivity index (χ2n) is 8.99. The third kappa shape index (κ3) is 4.72. The number of likely N-dealkylation sites (N-methyl/N-ethyl adjacent to an activating group) is 1. The highest BCUT2D eigenvalue weighted by atomic mass is 16.5. The number of carbonyl (C=O) groups is 3. The summed E-state index contributed by atoms with van der Waals surface area (Å²) < 4.78 is 5.65. The van der Waals surface area contributed by atoms with Gasteiger partial charge in [0, 0.05) is 25.4 Å². The molecule has 2 N–H and O–H groups in total. The Balaban J connectivity index is 1.34. The van der Waals surface area contributed by atoms with Crippen molar-refractivity contribution in [2.45, 2.75) is 50.6 Å². The third-order valence-electron chi connectivity index (χ3n) is 7.07. The quantitative estimate of drug-likeness (QED) is 0.664. The highest BCUT2D eigenvalue weighted by Gasteiger charge is 2.34. The molecule has 0 saturated heterocycles. The Labute approximate surface area is 193 Å². The van der Waals surface area contributed by atoms with Gasteiger partial charge in [-0.2, -0.15) is 0 Å². The highest BCUT2D eigenvalue weighted by Crippen LogP contribution is 2.44. The summed E-state index contributed by atoms with van der Waals surface area (Å²) >= 11 is 0. The molecule has 0 spiro atoms. The number of aliphatic carboxylic acids is 1. The molecule has 4 rings (SSSR count). The molecule has 2 unspecified atom stereocenters. The molecular formula is C26H30N2O5. The first-order valence-corrected chi connectivity index (χ1v) is 11.5. The van der Waals surface area contributed by atoms with Crippen LogP contribution >= 0.6 is 0 Å². The van der Waals surface area contributed by atoms with Crippen molar-refractivity contribution < 1.29 is 24.2 Å². The molecule has 0 aliphatic heterocycles. The lowest BCUT2D eigenvalue weighted by atomic mass is 9.98. The van der Waals surface area contributed by atoms with E-state index in [0.29, 0.717) is 0 Å². The van der Waals surface area contributed by atoms with Gasteiger partial charge in [-0.3, -0.25) is 4.79 Å². The molecule has 0 radical (unpaired) electrons. The maximum absolute atomic E-state index is 12.6. The number of hydrogen-bond donors (Lipinski definition) is 2. The number of ether oxygens (including phenoxy) is 1. The standard InChI is InChI=1S/C26H30N2O5/c1-16(25(30)31)28(2)24(29)14-17-8-7-13-23(17)27-26(32)33-15-22-20-11-5-3-9-18(20)19-10-4-6-12-21(19)22/h3-6,9-12,16-17,22-23H,7-8,13-15H2,1-2H3,(H,27,32)(H,30,31)/t16-,17?,23?/m0/s1. The largest absolute Gasteiger partial charge is 0.480 e. The molecule has 2 aromatic rings. The van der Waals surface area contributed by atoms with Crippen LogP contribution in [0.3, 0.4) is 0 Å². The van der Waals surface area contributed by atoms with Gasteiger partial charge in [0.05, 0.1) is 0 Å². The number of rotatable bonds is 7. The molecule has 2 aliphatic rings. The topological polar surface area (TPSA) is 95.9 Å². The van der Waals surface area contributed by atoms with Crippen LogP contribution in [-0.2, 0) is 14.3 Å². The molecule has 2 aromatic carbocycles. The summed E-state index contributed by atoms with van der Waals surface area (Å²) in [5.74, 6) is -1.29. The summed E-state index contributed by atoms with van der Waals surface area (Å²) in [7, 11) is 1.50. The number of amides is 2. The number of carbonyl (C=O) groups excluding carboxylic acids is 2. The van der Waals surface area contributed by atoms with Crippen LogP contribution in [0.2, 0.25) is 0 Å². The smallest absolute Gasteiger partial charge is 0.407 e. The van der Waals surface area contributed by atoms with E-state index in [9.17, 15) is 14.4 Å². The maximum atomic E-state index is 12.6. The van der Waals surface area contributed by atoms with Gasteiger partial charge in [0.2, 0.25) is 5.91 Å². The van der Waals surface area contributed by atoms with Crippen LogP contribution in [0.1, 0.15) is 49.7 Å². The van der Waals surface area contributed by atoms with Gasteiger partial charge >= 0.3 is 12.1 Å². The summed E-state index contributed by atoms with van der Waals surface area (Å²) in [5.41, 5.74) is 4.67. The molecule has 0 bridgehead atoms. The van der Waals surface area contributed by atoms with Gasteiger partial charge in [0.1, 0.15) is 12.6 Å². The molecule has 1 saturated carbocycles. The second-order valence-corrected chi connectivity index (χ2v) is 8.99. The minimum atomic E-state index is -1.04. The van der Waals surface area contributed by atoms with Crippen LogP contribution in [0.4, 0.5) is 4.79 Å². The van der Waals surface area contributed by atoms with Crippen molar-refractivity contribution in [1.82, 2.24) is 10.2 Å². The average Bonchev–Trinajstić information content (AvgIpc) is 3.38. The normalized spacial score (nSPS) is 19.9. The van der Waals surface area contributed by atoms with Gasteiger partial charge in [0.25, 0.3) is 0 Å². The van der Waals surface area contributed by atoms with Crippen molar-refractivity contribution in [1.29, 1.82) is 0 Å². The van der Waals surface area contributed by atoms with Crippen molar-refractivity contribution >= 4 is 18.0 Å². The number of carboxylic acid groups (broad SMARTS) is 1. The van der Waals surface area contributed by atoms with E-state index in [-0.39, 0.29) is 36.8 Å². The highest BCUT2D eigenvalue weighted by molar-refractivity contribution is 5.83. The minimum Gasteiger partial charge on any atom is -0.480 e. The molecule has 3 atom stereocenters. The van der Waals surface area contributed by atoms with E-state index in [2.05, 4.69) is 29.6 Å².